The average molecular weight is 250 g/mol. The van der Waals surface area contributed by atoms with Crippen molar-refractivity contribution >= 4 is 28.5 Å². The largest absolute Gasteiger partial charge is 0.293 e. The highest BCUT2D eigenvalue weighted by Crippen LogP contribution is 2.20. The molecule has 0 spiro atoms. The lowest BCUT2D eigenvalue weighted by Crippen LogP contribution is -1.97. The maximum atomic E-state index is 11.9. The number of carbonyl (C=O) groups is 1. The molecule has 0 N–H and O–H groups in total. The van der Waals surface area contributed by atoms with Crippen LogP contribution in [-0.2, 0) is 12.8 Å². The van der Waals surface area contributed by atoms with E-state index in [4.69, 9.17) is 0 Å². The molecule has 0 saturated carbocycles. The van der Waals surface area contributed by atoms with E-state index < -0.39 is 0 Å². The normalized spacial score (nSPS) is 10.6. The Bertz CT molecular complexity index is 454. The molecule has 0 aliphatic carbocycles. The second-order valence-electron chi connectivity index (χ2n) is 3.62. The number of thiophene rings is 2. The fourth-order valence-corrected chi connectivity index (χ4v) is 3.16. The highest BCUT2D eigenvalue weighted by molar-refractivity contribution is 7.14. The van der Waals surface area contributed by atoms with Crippen LogP contribution in [-0.4, -0.2) is 5.78 Å². The number of rotatable bonds is 5. The zero-order valence-corrected chi connectivity index (χ0v) is 10.9. The number of hydrogen-bond donors (Lipinski definition) is 0. The smallest absolute Gasteiger partial charge is 0.173 e. The Balaban J connectivity index is 1.93. The van der Waals surface area contributed by atoms with Crippen LogP contribution in [0.25, 0.3) is 0 Å². The van der Waals surface area contributed by atoms with Crippen molar-refractivity contribution in [2.45, 2.75) is 26.2 Å². The Hall–Kier alpha value is -0.930. The van der Waals surface area contributed by atoms with Gasteiger partial charge in [0.15, 0.2) is 5.78 Å². The first-order valence-corrected chi connectivity index (χ1v) is 7.13. The quantitative estimate of drug-likeness (QED) is 0.727. The lowest BCUT2D eigenvalue weighted by Gasteiger charge is -1.96. The lowest BCUT2D eigenvalue weighted by atomic mass is 10.2. The maximum Gasteiger partial charge on any atom is 0.173 e. The molecule has 0 aliphatic rings. The second kappa shape index (κ2) is 5.41. The molecule has 0 aliphatic heterocycles. The Kier molecular flexibility index (Phi) is 3.91. The molecule has 84 valence electrons. The molecule has 2 rings (SSSR count). The molecule has 16 heavy (non-hydrogen) atoms. The van der Waals surface area contributed by atoms with Crippen molar-refractivity contribution in [1.29, 1.82) is 0 Å². The first-order chi connectivity index (χ1) is 7.79. The van der Waals surface area contributed by atoms with Crippen LogP contribution in [0.15, 0.2) is 29.6 Å². The maximum absolute atomic E-state index is 11.9. The van der Waals surface area contributed by atoms with Crippen LogP contribution in [0.5, 0.6) is 0 Å². The van der Waals surface area contributed by atoms with E-state index in [0.717, 1.165) is 17.7 Å². The minimum absolute atomic E-state index is 0.276. The van der Waals surface area contributed by atoms with Gasteiger partial charge in [-0.15, -0.1) is 22.7 Å². The minimum Gasteiger partial charge on any atom is -0.293 e. The average Bonchev–Trinajstić information content (AvgIpc) is 2.96. The number of ketones is 1. The van der Waals surface area contributed by atoms with Crippen LogP contribution in [0, 0.1) is 0 Å². The molecule has 2 aromatic rings. The van der Waals surface area contributed by atoms with Gasteiger partial charge >= 0.3 is 0 Å². The summed E-state index contributed by atoms with van der Waals surface area (Å²) in [5, 5.41) is 2.06. The van der Waals surface area contributed by atoms with E-state index >= 15 is 0 Å². The van der Waals surface area contributed by atoms with Crippen LogP contribution in [0.3, 0.4) is 0 Å². The van der Waals surface area contributed by atoms with Crippen molar-refractivity contribution in [3.05, 3.63) is 44.3 Å². The molecule has 0 unspecified atom stereocenters. The molecule has 2 aromatic heterocycles. The summed E-state index contributed by atoms with van der Waals surface area (Å²) < 4.78 is 0. The van der Waals surface area contributed by atoms with Crippen molar-refractivity contribution in [2.24, 2.45) is 0 Å². The van der Waals surface area contributed by atoms with Crippen LogP contribution < -0.4 is 0 Å². The molecule has 3 heteroatoms. The third-order valence-electron chi connectivity index (χ3n) is 2.46. The Morgan fingerprint density at radius 3 is 2.75 bits per heavy atom. The Morgan fingerprint density at radius 2 is 2.12 bits per heavy atom. The summed E-state index contributed by atoms with van der Waals surface area (Å²) in [6.45, 7) is 2.12. The lowest BCUT2D eigenvalue weighted by molar-refractivity contribution is 0.0987. The molecule has 0 radical (unpaired) electrons. The number of Topliss-reactive ketones (excluding diaryl/α,β-unsaturated/α-hetero) is 1. The van der Waals surface area contributed by atoms with Gasteiger partial charge in [-0.25, -0.2) is 0 Å². The highest BCUT2D eigenvalue weighted by Gasteiger charge is 2.09. The fraction of sp³-hybridized carbons (Fsp3) is 0.308. The summed E-state index contributed by atoms with van der Waals surface area (Å²) in [7, 11) is 0. The van der Waals surface area contributed by atoms with Crippen LogP contribution in [0.4, 0.5) is 0 Å². The molecule has 0 fully saturated rings. The van der Waals surface area contributed by atoms with Gasteiger partial charge in [0.2, 0.25) is 0 Å². The van der Waals surface area contributed by atoms with E-state index in [1.54, 1.807) is 22.7 Å². The van der Waals surface area contributed by atoms with Crippen molar-refractivity contribution < 1.29 is 4.79 Å². The molecular weight excluding hydrogens is 236 g/mol. The third kappa shape index (κ3) is 2.80. The van der Waals surface area contributed by atoms with Gasteiger partial charge in [-0.05, 0) is 36.4 Å². The minimum atomic E-state index is 0.276. The van der Waals surface area contributed by atoms with Crippen molar-refractivity contribution in [3.63, 3.8) is 0 Å². The topological polar surface area (TPSA) is 17.1 Å². The van der Waals surface area contributed by atoms with Gasteiger partial charge in [0, 0.05) is 16.2 Å². The van der Waals surface area contributed by atoms with Gasteiger partial charge in [-0.3, -0.25) is 4.79 Å². The number of hydrogen-bond acceptors (Lipinski definition) is 3. The fourth-order valence-electron chi connectivity index (χ4n) is 1.53. The van der Waals surface area contributed by atoms with Crippen molar-refractivity contribution in [2.75, 3.05) is 0 Å². The molecule has 2 heterocycles. The Morgan fingerprint density at radius 1 is 1.25 bits per heavy atom. The van der Waals surface area contributed by atoms with E-state index in [9.17, 15) is 4.79 Å². The molecule has 0 saturated heterocycles. The summed E-state index contributed by atoms with van der Waals surface area (Å²) in [4.78, 5) is 15.4. The highest BCUT2D eigenvalue weighted by atomic mass is 32.1. The van der Waals surface area contributed by atoms with E-state index in [2.05, 4.69) is 24.4 Å². The standard InChI is InChI=1S/C13H14OS2/c1-2-10-6-8-13(16-10)12(14)7-5-11-4-3-9-15-11/h3-4,6,8-9H,2,5,7H2,1H3. The first-order valence-electron chi connectivity index (χ1n) is 5.44. The second-order valence-corrected chi connectivity index (χ2v) is 5.82. The van der Waals surface area contributed by atoms with Gasteiger partial charge in [-0.2, -0.15) is 0 Å². The molecule has 0 atom stereocenters. The summed E-state index contributed by atoms with van der Waals surface area (Å²) in [5.74, 6) is 0.276. The summed E-state index contributed by atoms with van der Waals surface area (Å²) in [6.07, 6.45) is 2.52. The predicted octanol–water partition coefficient (Wildman–Crippen LogP) is 4.19. The molecule has 1 nitrogen and oxygen atoms in total. The zero-order valence-electron chi connectivity index (χ0n) is 9.23. The molecule has 0 bridgehead atoms. The van der Waals surface area contributed by atoms with Gasteiger partial charge in [0.25, 0.3) is 0 Å². The molecular formula is C13H14OS2. The first kappa shape index (κ1) is 11.6. The van der Waals surface area contributed by atoms with Crippen LogP contribution >= 0.6 is 22.7 Å². The number of carbonyl (C=O) groups excluding carboxylic acids is 1. The van der Waals surface area contributed by atoms with Crippen LogP contribution in [0.2, 0.25) is 0 Å². The van der Waals surface area contributed by atoms with Crippen molar-refractivity contribution in [3.8, 4) is 0 Å². The van der Waals surface area contributed by atoms with Crippen molar-refractivity contribution in [1.82, 2.24) is 0 Å². The van der Waals surface area contributed by atoms with E-state index in [1.165, 1.54) is 9.75 Å². The summed E-state index contributed by atoms with van der Waals surface area (Å²) in [5.41, 5.74) is 0. The van der Waals surface area contributed by atoms with E-state index in [-0.39, 0.29) is 5.78 Å². The van der Waals surface area contributed by atoms with E-state index in [0.29, 0.717) is 6.42 Å². The van der Waals surface area contributed by atoms with Gasteiger partial charge in [0.1, 0.15) is 0 Å². The summed E-state index contributed by atoms with van der Waals surface area (Å²) in [6, 6.07) is 8.14. The monoisotopic (exact) mass is 250 g/mol. The predicted molar refractivity (Wildman–Crippen MR) is 70.7 cm³/mol. The SMILES string of the molecule is CCc1ccc(C(=O)CCc2cccs2)s1. The van der Waals surface area contributed by atoms with Gasteiger partial charge in [-0.1, -0.05) is 13.0 Å². The van der Waals surface area contributed by atoms with E-state index in [1.807, 2.05) is 12.1 Å². The Labute approximate surface area is 104 Å². The van der Waals surface area contributed by atoms with Crippen LogP contribution in [0.1, 0.15) is 32.8 Å². The zero-order chi connectivity index (χ0) is 11.4. The molecule has 0 aromatic carbocycles. The summed E-state index contributed by atoms with van der Waals surface area (Å²) >= 11 is 3.35. The van der Waals surface area contributed by atoms with Gasteiger partial charge in [0.05, 0.1) is 4.88 Å². The van der Waals surface area contributed by atoms with Gasteiger partial charge < -0.3 is 0 Å². The third-order valence-corrected chi connectivity index (χ3v) is 4.67. The molecule has 0 amide bonds. The number of aryl methyl sites for hydroxylation is 2.